The molecule has 0 atom stereocenters. The van der Waals surface area contributed by atoms with E-state index in [2.05, 4.69) is 140 Å². The minimum atomic E-state index is 0. The van der Waals surface area contributed by atoms with E-state index < -0.39 is 0 Å². The summed E-state index contributed by atoms with van der Waals surface area (Å²) in [6.45, 7) is 6.69. The summed E-state index contributed by atoms with van der Waals surface area (Å²) in [5.41, 5.74) is 9.61. The number of nitrogens with zero attached hydrogens (tertiary/aromatic N) is 3. The van der Waals surface area contributed by atoms with Crippen LogP contribution in [0.1, 0.15) is 26.3 Å². The zero-order valence-electron chi connectivity index (χ0n) is 26.8. The van der Waals surface area contributed by atoms with Gasteiger partial charge in [0.25, 0.3) is 0 Å². The molecule has 48 heavy (non-hydrogen) atoms. The van der Waals surface area contributed by atoms with Crippen LogP contribution >= 0.6 is 0 Å². The topological polar surface area (TPSA) is 32.0 Å². The third-order valence-electron chi connectivity index (χ3n) is 8.58. The summed E-state index contributed by atoms with van der Waals surface area (Å²) >= 11 is 0. The quantitative estimate of drug-likeness (QED) is 0.157. The first-order chi connectivity index (χ1) is 22.9. The van der Waals surface area contributed by atoms with Crippen LogP contribution < -0.4 is 4.74 Å². The van der Waals surface area contributed by atoms with Gasteiger partial charge in [-0.3, -0.25) is 4.68 Å². The van der Waals surface area contributed by atoms with Crippen LogP contribution in [0.4, 0.5) is 0 Å². The van der Waals surface area contributed by atoms with Gasteiger partial charge >= 0.3 is 0 Å². The summed E-state index contributed by atoms with van der Waals surface area (Å²) in [6, 6.07) is 54.2. The SMILES string of the molecule is CC(C)(C)c1cc[c-]c(-n2c3[c-]c(Oc4[c-]c(-n5cc(-c6ccc(-c7ccccc7)cc6)cn5)ccc4)ccc3c3ccccc32)c1.[Pt]. The van der Waals surface area contributed by atoms with Gasteiger partial charge in [0.15, 0.2) is 0 Å². The molecule has 8 rings (SSSR count). The minimum Gasteiger partial charge on any atom is -0.509 e. The first-order valence-corrected chi connectivity index (χ1v) is 15.8. The van der Waals surface area contributed by atoms with Crippen molar-refractivity contribution >= 4 is 21.8 Å². The van der Waals surface area contributed by atoms with Crippen LogP contribution in [0.5, 0.6) is 11.5 Å². The Morgan fingerprint density at radius 1 is 0.625 bits per heavy atom. The third-order valence-corrected chi connectivity index (χ3v) is 8.58. The maximum Gasteiger partial charge on any atom is 0.0571 e. The fraction of sp³-hybridized carbons (Fsp3) is 0.0930. The second-order valence-electron chi connectivity index (χ2n) is 12.8. The molecule has 0 N–H and O–H groups in total. The number of benzene rings is 6. The molecule has 0 bridgehead atoms. The van der Waals surface area contributed by atoms with Crippen molar-refractivity contribution in [2.24, 2.45) is 0 Å². The molecular formula is C43H32N3OPt-3. The molecular weight excluding hydrogens is 770 g/mol. The number of aromatic nitrogens is 3. The van der Waals surface area contributed by atoms with Crippen molar-refractivity contribution < 1.29 is 25.8 Å². The van der Waals surface area contributed by atoms with E-state index >= 15 is 0 Å². The largest absolute Gasteiger partial charge is 0.509 e. The molecule has 0 saturated heterocycles. The van der Waals surface area contributed by atoms with Gasteiger partial charge in [-0.15, -0.1) is 41.8 Å². The Morgan fingerprint density at radius 2 is 1.33 bits per heavy atom. The Morgan fingerprint density at radius 3 is 2.12 bits per heavy atom. The average Bonchev–Trinajstić information content (AvgIpc) is 3.72. The molecule has 238 valence electrons. The van der Waals surface area contributed by atoms with Crippen molar-refractivity contribution in [3.63, 3.8) is 0 Å². The van der Waals surface area contributed by atoms with E-state index in [0.29, 0.717) is 11.5 Å². The van der Waals surface area contributed by atoms with E-state index in [9.17, 15) is 0 Å². The van der Waals surface area contributed by atoms with Crippen molar-refractivity contribution in [3.05, 3.63) is 164 Å². The average molecular weight is 802 g/mol. The number of hydrogen-bond acceptors (Lipinski definition) is 2. The number of fused-ring (bicyclic) bond motifs is 3. The Bertz CT molecular complexity index is 2360. The Hall–Kier alpha value is -5.18. The van der Waals surface area contributed by atoms with Gasteiger partial charge in [0.05, 0.1) is 6.20 Å². The zero-order chi connectivity index (χ0) is 32.0. The van der Waals surface area contributed by atoms with Crippen LogP contribution in [0.2, 0.25) is 0 Å². The van der Waals surface area contributed by atoms with Gasteiger partial charge in [-0.2, -0.15) is 41.0 Å². The van der Waals surface area contributed by atoms with Crippen molar-refractivity contribution in [3.8, 4) is 45.1 Å². The van der Waals surface area contributed by atoms with Crippen molar-refractivity contribution in [2.45, 2.75) is 26.2 Å². The standard InChI is InChI=1S/C43H32N3O.Pt/c1-43(2,3)34-13-9-15-36(25-34)46-41-18-8-7-17-39(41)40-24-23-38(27-42(40)46)47-37-16-10-14-35(26-37)45-29-33(28-44-45)32-21-19-31(20-22-32)30-11-5-4-6-12-30;/h4-14,16-25,28-29H,1-3H3;/q-3;. The number of para-hydroxylation sites is 1. The molecule has 0 aliphatic rings. The van der Waals surface area contributed by atoms with Crippen LogP contribution in [-0.4, -0.2) is 14.3 Å². The monoisotopic (exact) mass is 801 g/mol. The van der Waals surface area contributed by atoms with Crippen molar-refractivity contribution in [1.82, 2.24) is 14.3 Å². The normalized spacial score (nSPS) is 11.5. The molecule has 0 aliphatic heterocycles. The molecule has 0 aliphatic carbocycles. The predicted octanol–water partition coefficient (Wildman–Crippen LogP) is 10.8. The van der Waals surface area contributed by atoms with Gasteiger partial charge in [-0.25, -0.2) is 0 Å². The van der Waals surface area contributed by atoms with E-state index in [1.807, 2.05) is 53.5 Å². The molecule has 0 amide bonds. The molecule has 0 unspecified atom stereocenters. The number of ether oxygens (including phenoxy) is 1. The fourth-order valence-electron chi connectivity index (χ4n) is 6.07. The van der Waals surface area contributed by atoms with Crippen LogP contribution in [0.15, 0.2) is 140 Å². The van der Waals surface area contributed by atoms with Crippen LogP contribution in [0.3, 0.4) is 0 Å². The summed E-state index contributed by atoms with van der Waals surface area (Å²) in [4.78, 5) is 0. The molecule has 0 saturated carbocycles. The summed E-state index contributed by atoms with van der Waals surface area (Å²) in [7, 11) is 0. The summed E-state index contributed by atoms with van der Waals surface area (Å²) in [5.74, 6) is 1.20. The van der Waals surface area contributed by atoms with Crippen LogP contribution in [-0.2, 0) is 26.5 Å². The molecule has 0 radical (unpaired) electrons. The fourth-order valence-corrected chi connectivity index (χ4v) is 6.07. The van der Waals surface area contributed by atoms with E-state index in [-0.39, 0.29) is 26.5 Å². The Kier molecular flexibility index (Phi) is 8.37. The molecule has 2 heterocycles. The van der Waals surface area contributed by atoms with Gasteiger partial charge in [-0.05, 0) is 39.2 Å². The maximum absolute atomic E-state index is 6.38. The van der Waals surface area contributed by atoms with E-state index in [4.69, 9.17) is 4.74 Å². The number of rotatable bonds is 6. The molecule has 0 spiro atoms. The summed E-state index contributed by atoms with van der Waals surface area (Å²) in [6.07, 6.45) is 3.90. The molecule has 8 aromatic rings. The molecule has 2 aromatic heterocycles. The van der Waals surface area contributed by atoms with Crippen LogP contribution in [0.25, 0.3) is 55.4 Å². The summed E-state index contributed by atoms with van der Waals surface area (Å²) in [5, 5.41) is 6.92. The van der Waals surface area contributed by atoms with Crippen molar-refractivity contribution in [1.29, 1.82) is 0 Å². The van der Waals surface area contributed by atoms with E-state index in [1.54, 1.807) is 0 Å². The first kappa shape index (κ1) is 31.4. The minimum absolute atomic E-state index is 0. The second-order valence-corrected chi connectivity index (χ2v) is 12.8. The van der Waals surface area contributed by atoms with Gasteiger partial charge in [0.1, 0.15) is 0 Å². The second kappa shape index (κ2) is 12.8. The summed E-state index contributed by atoms with van der Waals surface area (Å²) < 4.78 is 10.4. The van der Waals surface area contributed by atoms with Crippen molar-refractivity contribution in [2.75, 3.05) is 0 Å². The Balaban J connectivity index is 0.00000364. The third kappa shape index (κ3) is 6.00. The molecule has 5 heteroatoms. The molecule has 4 nitrogen and oxygen atoms in total. The van der Waals surface area contributed by atoms with E-state index in [1.165, 1.54) is 16.7 Å². The Labute approximate surface area is 295 Å². The first-order valence-electron chi connectivity index (χ1n) is 15.8. The molecule has 6 aromatic carbocycles. The predicted molar refractivity (Wildman–Crippen MR) is 190 cm³/mol. The zero-order valence-corrected chi connectivity index (χ0v) is 29.1. The molecule has 0 fully saturated rings. The van der Waals surface area contributed by atoms with Gasteiger partial charge < -0.3 is 9.30 Å². The van der Waals surface area contributed by atoms with Gasteiger partial charge in [0, 0.05) is 49.8 Å². The van der Waals surface area contributed by atoms with Crippen LogP contribution in [0, 0.1) is 18.2 Å². The van der Waals surface area contributed by atoms with Gasteiger partial charge in [-0.1, -0.05) is 105 Å². The van der Waals surface area contributed by atoms with Gasteiger partial charge in [0.2, 0.25) is 0 Å². The maximum atomic E-state index is 6.38. The number of hydrogen-bond donors (Lipinski definition) is 0. The smallest absolute Gasteiger partial charge is 0.0571 e. The van der Waals surface area contributed by atoms with E-state index in [0.717, 1.165) is 44.3 Å².